The molecule has 1 fully saturated rings. The molecule has 1 aliphatic rings. The van der Waals surface area contributed by atoms with Crippen molar-refractivity contribution in [2.75, 3.05) is 26.2 Å². The lowest BCUT2D eigenvalue weighted by Gasteiger charge is -2.35. The first-order chi connectivity index (χ1) is 10.6. The van der Waals surface area contributed by atoms with E-state index < -0.39 is 0 Å². The highest BCUT2D eigenvalue weighted by Gasteiger charge is 2.31. The summed E-state index contributed by atoms with van der Waals surface area (Å²) in [5.74, 6) is 1.70. The number of aliphatic hydroxyl groups is 1. The normalized spacial score (nSPS) is 18.5. The maximum absolute atomic E-state index is 9.40. The lowest BCUT2D eigenvalue weighted by atomic mass is 9.72. The highest BCUT2D eigenvalue weighted by molar-refractivity contribution is 5.79. The second-order valence-corrected chi connectivity index (χ2v) is 7.19. The quantitative estimate of drug-likeness (QED) is 0.348. The number of aliphatic imine (C=N–C) groups is 1. The minimum atomic E-state index is 0.229. The largest absolute Gasteiger partial charge is 0.396 e. The Kier molecular flexibility index (Phi) is 9.53. The van der Waals surface area contributed by atoms with Gasteiger partial charge in [0.1, 0.15) is 0 Å². The molecule has 22 heavy (non-hydrogen) atoms. The van der Waals surface area contributed by atoms with Gasteiger partial charge < -0.3 is 15.7 Å². The van der Waals surface area contributed by atoms with E-state index in [1.165, 1.54) is 44.9 Å². The summed E-state index contributed by atoms with van der Waals surface area (Å²) in [6.45, 7) is 9.64. The van der Waals surface area contributed by atoms with E-state index in [1.807, 2.05) is 0 Å². The molecule has 0 aromatic carbocycles. The summed E-state index contributed by atoms with van der Waals surface area (Å²) in [5, 5.41) is 16.2. The molecule has 0 aromatic heterocycles. The molecule has 1 rings (SSSR count). The van der Waals surface area contributed by atoms with Crippen LogP contribution in [0, 0.1) is 11.3 Å². The van der Waals surface area contributed by atoms with Gasteiger partial charge in [0.2, 0.25) is 0 Å². The number of guanidine groups is 1. The van der Waals surface area contributed by atoms with Crippen molar-refractivity contribution in [3.8, 4) is 0 Å². The molecule has 0 amide bonds. The molecule has 4 nitrogen and oxygen atoms in total. The summed E-state index contributed by atoms with van der Waals surface area (Å²) < 4.78 is 0. The summed E-state index contributed by atoms with van der Waals surface area (Å²) in [6.07, 6.45) is 9.66. The van der Waals surface area contributed by atoms with Crippen molar-refractivity contribution in [1.29, 1.82) is 0 Å². The van der Waals surface area contributed by atoms with Gasteiger partial charge in [-0.2, -0.15) is 0 Å². The predicted octanol–water partition coefficient (Wildman–Crippen LogP) is 3.31. The maximum Gasteiger partial charge on any atom is 0.191 e. The van der Waals surface area contributed by atoms with Crippen LogP contribution >= 0.6 is 0 Å². The van der Waals surface area contributed by atoms with E-state index in [0.717, 1.165) is 37.9 Å². The Balaban J connectivity index is 2.50. The fourth-order valence-electron chi connectivity index (χ4n) is 3.33. The van der Waals surface area contributed by atoms with Gasteiger partial charge in [-0.25, -0.2) is 0 Å². The molecule has 0 aliphatic heterocycles. The van der Waals surface area contributed by atoms with Crippen LogP contribution in [0.1, 0.15) is 72.1 Å². The maximum atomic E-state index is 9.40. The van der Waals surface area contributed by atoms with E-state index in [1.54, 1.807) is 0 Å². The molecular weight excluding hydrogens is 274 g/mol. The number of nitrogens with one attached hydrogen (secondary N) is 2. The number of hydrogen-bond acceptors (Lipinski definition) is 2. The minimum Gasteiger partial charge on any atom is -0.396 e. The van der Waals surface area contributed by atoms with Crippen molar-refractivity contribution >= 4 is 5.96 Å². The zero-order chi connectivity index (χ0) is 16.3. The Hall–Kier alpha value is -0.770. The molecule has 3 N–H and O–H groups in total. The molecule has 1 aliphatic carbocycles. The van der Waals surface area contributed by atoms with Crippen LogP contribution in [0.25, 0.3) is 0 Å². The van der Waals surface area contributed by atoms with Crippen LogP contribution in [0.3, 0.4) is 0 Å². The van der Waals surface area contributed by atoms with Gasteiger partial charge in [-0.1, -0.05) is 33.1 Å². The lowest BCUT2D eigenvalue weighted by Crippen LogP contribution is -2.39. The molecule has 0 bridgehead atoms. The van der Waals surface area contributed by atoms with Crippen LogP contribution in [-0.2, 0) is 0 Å². The third-order valence-electron chi connectivity index (χ3n) is 4.72. The standard InChI is InChI=1S/C18H37N3O/c1-4-19-17(20-13-8-9-16(2)3)21-15-18(12-14-22)10-6-5-7-11-18/h16,22H,4-15H2,1-3H3,(H2,19,20,21). The second kappa shape index (κ2) is 10.9. The molecule has 0 spiro atoms. The van der Waals surface area contributed by atoms with E-state index in [4.69, 9.17) is 4.99 Å². The third kappa shape index (κ3) is 7.48. The molecular formula is C18H37N3O. The van der Waals surface area contributed by atoms with Gasteiger partial charge in [0.05, 0.1) is 0 Å². The first kappa shape index (κ1) is 19.3. The molecule has 4 heteroatoms. The second-order valence-electron chi connectivity index (χ2n) is 7.19. The minimum absolute atomic E-state index is 0.229. The van der Waals surface area contributed by atoms with Crippen molar-refractivity contribution in [1.82, 2.24) is 10.6 Å². The van der Waals surface area contributed by atoms with Crippen LogP contribution in [0.5, 0.6) is 0 Å². The molecule has 0 atom stereocenters. The van der Waals surface area contributed by atoms with Crippen LogP contribution in [-0.4, -0.2) is 37.3 Å². The number of rotatable bonds is 9. The van der Waals surface area contributed by atoms with E-state index >= 15 is 0 Å². The van der Waals surface area contributed by atoms with Crippen molar-refractivity contribution in [3.05, 3.63) is 0 Å². The van der Waals surface area contributed by atoms with Crippen molar-refractivity contribution in [2.24, 2.45) is 16.3 Å². The van der Waals surface area contributed by atoms with Crippen molar-refractivity contribution in [2.45, 2.75) is 72.1 Å². The van der Waals surface area contributed by atoms with Gasteiger partial charge in [-0.05, 0) is 50.4 Å². The fraction of sp³-hybridized carbons (Fsp3) is 0.944. The van der Waals surface area contributed by atoms with Gasteiger partial charge >= 0.3 is 0 Å². The Morgan fingerprint density at radius 1 is 1.18 bits per heavy atom. The monoisotopic (exact) mass is 311 g/mol. The summed E-state index contributed by atoms with van der Waals surface area (Å²) in [7, 11) is 0. The summed E-state index contributed by atoms with van der Waals surface area (Å²) in [4.78, 5) is 4.83. The van der Waals surface area contributed by atoms with Gasteiger partial charge in [0, 0.05) is 26.2 Å². The smallest absolute Gasteiger partial charge is 0.191 e. The zero-order valence-electron chi connectivity index (χ0n) is 15.0. The van der Waals surface area contributed by atoms with E-state index in [2.05, 4.69) is 31.4 Å². The average Bonchev–Trinajstić information content (AvgIpc) is 2.50. The van der Waals surface area contributed by atoms with E-state index in [-0.39, 0.29) is 12.0 Å². The zero-order valence-corrected chi connectivity index (χ0v) is 15.0. The van der Waals surface area contributed by atoms with Crippen LogP contribution in [0.2, 0.25) is 0 Å². The Bertz CT molecular complexity index is 304. The molecule has 0 unspecified atom stereocenters. The van der Waals surface area contributed by atoms with Gasteiger partial charge in [-0.15, -0.1) is 0 Å². The Morgan fingerprint density at radius 2 is 1.91 bits per heavy atom. The van der Waals surface area contributed by atoms with Gasteiger partial charge in [0.25, 0.3) is 0 Å². The SMILES string of the molecule is CCNC(=NCC1(CCO)CCCCC1)NCCCC(C)C. The Morgan fingerprint density at radius 3 is 2.50 bits per heavy atom. The fourth-order valence-corrected chi connectivity index (χ4v) is 3.33. The van der Waals surface area contributed by atoms with Crippen molar-refractivity contribution in [3.63, 3.8) is 0 Å². The Labute approximate surface area is 137 Å². The molecule has 0 heterocycles. The molecule has 0 radical (unpaired) electrons. The summed E-state index contributed by atoms with van der Waals surface area (Å²) >= 11 is 0. The lowest BCUT2D eigenvalue weighted by molar-refractivity contribution is 0.137. The summed E-state index contributed by atoms with van der Waals surface area (Å²) in [5.41, 5.74) is 0.229. The number of hydrogen-bond donors (Lipinski definition) is 3. The highest BCUT2D eigenvalue weighted by Crippen LogP contribution is 2.39. The predicted molar refractivity (Wildman–Crippen MR) is 95.3 cm³/mol. The first-order valence-corrected chi connectivity index (χ1v) is 9.25. The topological polar surface area (TPSA) is 56.7 Å². The molecule has 1 saturated carbocycles. The summed E-state index contributed by atoms with van der Waals surface area (Å²) in [6, 6.07) is 0. The van der Waals surface area contributed by atoms with Gasteiger partial charge in [0.15, 0.2) is 5.96 Å². The molecule has 0 aromatic rings. The average molecular weight is 312 g/mol. The third-order valence-corrected chi connectivity index (χ3v) is 4.72. The molecule has 130 valence electrons. The van der Waals surface area contributed by atoms with Crippen LogP contribution < -0.4 is 10.6 Å². The first-order valence-electron chi connectivity index (χ1n) is 9.25. The van der Waals surface area contributed by atoms with Gasteiger partial charge in [-0.3, -0.25) is 4.99 Å². The van der Waals surface area contributed by atoms with E-state index in [0.29, 0.717) is 0 Å². The molecule has 0 saturated heterocycles. The van der Waals surface area contributed by atoms with Crippen LogP contribution in [0.15, 0.2) is 4.99 Å². The van der Waals surface area contributed by atoms with E-state index in [9.17, 15) is 5.11 Å². The highest BCUT2D eigenvalue weighted by atomic mass is 16.3. The number of aliphatic hydroxyl groups excluding tert-OH is 1. The number of nitrogens with zero attached hydrogens (tertiary/aromatic N) is 1. The van der Waals surface area contributed by atoms with Crippen LogP contribution in [0.4, 0.5) is 0 Å². The van der Waals surface area contributed by atoms with Crippen molar-refractivity contribution < 1.29 is 5.11 Å².